The number of benzene rings is 5. The summed E-state index contributed by atoms with van der Waals surface area (Å²) in [4.78, 5) is 4.65. The number of nitrogens with one attached hydrogen (secondary N) is 1. The van der Waals surface area contributed by atoms with Crippen LogP contribution in [-0.4, -0.2) is 18.3 Å². The highest BCUT2D eigenvalue weighted by molar-refractivity contribution is 6.19. The Morgan fingerprint density at radius 2 is 1.20 bits per heavy atom. The minimum absolute atomic E-state index is 0.191. The predicted octanol–water partition coefficient (Wildman–Crippen LogP) is 10.1. The summed E-state index contributed by atoms with van der Waals surface area (Å²) in [6, 6.07) is 36.8. The summed E-state index contributed by atoms with van der Waals surface area (Å²) < 4.78 is 12.8. The Balaban J connectivity index is 1.05. The zero-order valence-electron chi connectivity index (χ0n) is 23.9. The number of rotatable bonds is 4. The molecular weight excluding hydrogens is 540 g/mol. The standard InChI is InChI=1S/C40H28N2O2/c1-2-7-25(8-3-1)28-16-20-37-32(23-28)30-18-19-31-33-24-29(17-21-38(33)44-40(31)39(30)43-37)26-12-14-27(15-13-26)34-10-6-11-36(42-34)35-9-4-5-22-41-35/h1-8,10-24,35-36,42H,9H2. The first-order valence-corrected chi connectivity index (χ1v) is 15.1. The van der Waals surface area contributed by atoms with Crippen LogP contribution in [0.15, 0.2) is 147 Å². The maximum absolute atomic E-state index is 6.43. The van der Waals surface area contributed by atoms with E-state index in [1.807, 2.05) is 18.4 Å². The molecular formula is C40H28N2O2. The average molecular weight is 569 g/mol. The number of nitrogens with zero attached hydrogens (tertiary/aromatic N) is 1. The molecule has 2 aromatic heterocycles. The number of allylic oxidation sites excluding steroid dienone is 3. The zero-order valence-corrected chi connectivity index (χ0v) is 23.9. The van der Waals surface area contributed by atoms with Crippen LogP contribution in [0.5, 0.6) is 0 Å². The number of furan rings is 2. The second-order valence-electron chi connectivity index (χ2n) is 11.6. The number of hydrogen-bond acceptors (Lipinski definition) is 4. The van der Waals surface area contributed by atoms with Gasteiger partial charge in [0.05, 0.1) is 12.1 Å². The first-order chi connectivity index (χ1) is 21.8. The summed E-state index contributed by atoms with van der Waals surface area (Å²) in [6.45, 7) is 0. The molecule has 0 fully saturated rings. The van der Waals surface area contributed by atoms with Gasteiger partial charge in [0.2, 0.25) is 0 Å². The minimum Gasteiger partial charge on any atom is -0.452 e. The van der Waals surface area contributed by atoms with E-state index in [0.29, 0.717) is 0 Å². The molecule has 2 aliphatic rings. The number of hydrogen-bond donors (Lipinski definition) is 1. The lowest BCUT2D eigenvalue weighted by molar-refractivity contribution is 0.555. The topological polar surface area (TPSA) is 50.7 Å². The Morgan fingerprint density at radius 3 is 1.84 bits per heavy atom. The fourth-order valence-electron chi connectivity index (χ4n) is 6.59. The van der Waals surface area contributed by atoms with Gasteiger partial charge in [-0.15, -0.1) is 0 Å². The molecule has 1 N–H and O–H groups in total. The molecule has 4 nitrogen and oxygen atoms in total. The smallest absolute Gasteiger partial charge is 0.178 e. The lowest BCUT2D eigenvalue weighted by Gasteiger charge is -2.27. The largest absolute Gasteiger partial charge is 0.452 e. The van der Waals surface area contributed by atoms with Crippen molar-refractivity contribution in [3.8, 4) is 22.3 Å². The van der Waals surface area contributed by atoms with Crippen molar-refractivity contribution in [1.82, 2.24) is 5.32 Å². The lowest BCUT2D eigenvalue weighted by Crippen LogP contribution is -2.38. The molecule has 2 atom stereocenters. The van der Waals surface area contributed by atoms with Gasteiger partial charge in [-0.25, -0.2) is 0 Å². The summed E-state index contributed by atoms with van der Waals surface area (Å²) in [5, 5.41) is 7.98. The van der Waals surface area contributed by atoms with Gasteiger partial charge in [-0.1, -0.05) is 85.0 Å². The van der Waals surface area contributed by atoms with Gasteiger partial charge in [-0.05, 0) is 82.8 Å². The van der Waals surface area contributed by atoms with E-state index in [2.05, 4.69) is 132 Å². The molecule has 7 aromatic rings. The number of dihydropyridines is 2. The Labute approximate surface area is 254 Å². The van der Waals surface area contributed by atoms with Crippen molar-refractivity contribution in [2.75, 3.05) is 0 Å². The van der Waals surface area contributed by atoms with E-state index in [-0.39, 0.29) is 12.1 Å². The molecule has 0 aliphatic carbocycles. The van der Waals surface area contributed by atoms with Crippen LogP contribution < -0.4 is 5.32 Å². The fourth-order valence-corrected chi connectivity index (χ4v) is 6.59. The van der Waals surface area contributed by atoms with Crippen molar-refractivity contribution in [2.24, 2.45) is 4.99 Å². The first-order valence-electron chi connectivity index (χ1n) is 15.1. The second-order valence-corrected chi connectivity index (χ2v) is 11.6. The van der Waals surface area contributed by atoms with E-state index in [0.717, 1.165) is 72.7 Å². The van der Waals surface area contributed by atoms with Crippen molar-refractivity contribution < 1.29 is 8.83 Å². The molecule has 0 saturated carbocycles. The third kappa shape index (κ3) is 4.10. The van der Waals surface area contributed by atoms with E-state index < -0.39 is 0 Å². The summed E-state index contributed by atoms with van der Waals surface area (Å²) >= 11 is 0. The van der Waals surface area contributed by atoms with Gasteiger partial charge < -0.3 is 14.2 Å². The molecule has 5 aromatic carbocycles. The third-order valence-corrected chi connectivity index (χ3v) is 8.91. The molecule has 4 heterocycles. The van der Waals surface area contributed by atoms with Crippen molar-refractivity contribution >= 4 is 55.8 Å². The molecule has 0 saturated heterocycles. The Kier molecular flexibility index (Phi) is 5.66. The van der Waals surface area contributed by atoms with Gasteiger partial charge in [0, 0.05) is 33.5 Å². The van der Waals surface area contributed by atoms with E-state index in [9.17, 15) is 0 Å². The van der Waals surface area contributed by atoms with Gasteiger partial charge in [-0.3, -0.25) is 4.99 Å². The van der Waals surface area contributed by atoms with Crippen LogP contribution in [0.25, 0.3) is 71.8 Å². The monoisotopic (exact) mass is 568 g/mol. The number of aliphatic imine (C=N–C) groups is 1. The highest BCUT2D eigenvalue weighted by atomic mass is 16.4. The Bertz CT molecular complexity index is 2330. The highest BCUT2D eigenvalue weighted by Crippen LogP contribution is 2.40. The molecule has 0 amide bonds. The third-order valence-electron chi connectivity index (χ3n) is 8.91. The first kappa shape index (κ1) is 24.9. The Hall–Kier alpha value is -5.61. The Morgan fingerprint density at radius 1 is 0.591 bits per heavy atom. The van der Waals surface area contributed by atoms with Gasteiger partial charge in [-0.2, -0.15) is 0 Å². The summed E-state index contributed by atoms with van der Waals surface area (Å²) in [5.41, 5.74) is 10.3. The van der Waals surface area contributed by atoms with Crippen LogP contribution >= 0.6 is 0 Å². The van der Waals surface area contributed by atoms with Crippen LogP contribution in [0, 0.1) is 0 Å². The molecule has 0 spiro atoms. The molecule has 0 bridgehead atoms. The van der Waals surface area contributed by atoms with Gasteiger partial charge in [0.15, 0.2) is 11.2 Å². The summed E-state index contributed by atoms with van der Waals surface area (Å²) in [6.07, 6.45) is 13.5. The molecule has 44 heavy (non-hydrogen) atoms. The van der Waals surface area contributed by atoms with Crippen LogP contribution in [0.2, 0.25) is 0 Å². The van der Waals surface area contributed by atoms with Crippen LogP contribution in [0.4, 0.5) is 0 Å². The van der Waals surface area contributed by atoms with E-state index in [1.54, 1.807) is 0 Å². The van der Waals surface area contributed by atoms with Crippen LogP contribution in [0.3, 0.4) is 0 Å². The van der Waals surface area contributed by atoms with Crippen molar-refractivity contribution in [1.29, 1.82) is 0 Å². The molecule has 2 aliphatic heterocycles. The number of fused-ring (bicyclic) bond motifs is 7. The highest BCUT2D eigenvalue weighted by Gasteiger charge is 2.21. The molecule has 9 rings (SSSR count). The second kappa shape index (κ2) is 9.99. The lowest BCUT2D eigenvalue weighted by atomic mass is 9.97. The van der Waals surface area contributed by atoms with Crippen LogP contribution in [-0.2, 0) is 0 Å². The van der Waals surface area contributed by atoms with Gasteiger partial charge in [0.1, 0.15) is 11.2 Å². The fraction of sp³-hybridized carbons (Fsp3) is 0.0750. The summed E-state index contributed by atoms with van der Waals surface area (Å²) in [5.74, 6) is 0. The zero-order chi connectivity index (χ0) is 29.0. The van der Waals surface area contributed by atoms with Crippen molar-refractivity contribution in [2.45, 2.75) is 18.5 Å². The predicted molar refractivity (Wildman–Crippen MR) is 182 cm³/mol. The maximum Gasteiger partial charge on any atom is 0.178 e. The minimum atomic E-state index is 0.191. The molecule has 210 valence electrons. The van der Waals surface area contributed by atoms with Gasteiger partial charge in [0.25, 0.3) is 0 Å². The summed E-state index contributed by atoms with van der Waals surface area (Å²) in [7, 11) is 0. The quantitative estimate of drug-likeness (QED) is 0.230. The van der Waals surface area contributed by atoms with Crippen molar-refractivity contribution in [3.63, 3.8) is 0 Å². The van der Waals surface area contributed by atoms with Gasteiger partial charge >= 0.3 is 0 Å². The average Bonchev–Trinajstić information content (AvgIpc) is 3.67. The molecule has 2 unspecified atom stereocenters. The molecule has 4 heteroatoms. The maximum atomic E-state index is 6.43. The van der Waals surface area contributed by atoms with Crippen molar-refractivity contribution in [3.05, 3.63) is 139 Å². The van der Waals surface area contributed by atoms with E-state index in [1.165, 1.54) is 11.1 Å². The van der Waals surface area contributed by atoms with Crippen LogP contribution in [0.1, 0.15) is 12.0 Å². The SMILES string of the molecule is C1=CCC(C2C=CC=C(c3ccc(-c4ccc5oc6c(ccc7c8cc(-c9ccccc9)ccc8oc76)c5c4)cc3)N2)N=C1. The van der Waals surface area contributed by atoms with E-state index in [4.69, 9.17) is 8.83 Å². The van der Waals surface area contributed by atoms with E-state index >= 15 is 0 Å². The molecule has 0 radical (unpaired) electrons. The normalized spacial score (nSPS) is 18.0.